The molecule has 126 valence electrons. The molecule has 0 saturated heterocycles. The average Bonchev–Trinajstić information content (AvgIpc) is 2.67. The van der Waals surface area contributed by atoms with E-state index in [1.807, 2.05) is 42.5 Å². The number of carbonyl (C=O) groups is 2. The van der Waals surface area contributed by atoms with Crippen molar-refractivity contribution in [2.75, 3.05) is 14.1 Å². The molecule has 0 aliphatic heterocycles. The number of hydrogen-bond donors (Lipinski definition) is 1. The van der Waals surface area contributed by atoms with Gasteiger partial charge in [-0.2, -0.15) is 0 Å². The van der Waals surface area contributed by atoms with Gasteiger partial charge in [0.2, 0.25) is 0 Å². The molecule has 0 aliphatic rings. The van der Waals surface area contributed by atoms with E-state index in [-0.39, 0.29) is 11.8 Å². The Morgan fingerprint density at radius 3 is 2.44 bits per heavy atom. The molecular formula is C20H19N3O2. The SMILES string of the molecule is CNC(=O)c1ccc(CN(C)C(=O)c2ccc3ccccc3n2)cc1. The number of aromatic nitrogens is 1. The zero-order valence-corrected chi connectivity index (χ0v) is 14.2. The van der Waals surface area contributed by atoms with Gasteiger partial charge in [0.15, 0.2) is 0 Å². The Morgan fingerprint density at radius 1 is 1.00 bits per heavy atom. The topological polar surface area (TPSA) is 62.3 Å². The first-order chi connectivity index (χ1) is 12.1. The van der Waals surface area contributed by atoms with Crippen LogP contribution in [0.2, 0.25) is 0 Å². The van der Waals surface area contributed by atoms with E-state index in [9.17, 15) is 9.59 Å². The van der Waals surface area contributed by atoms with Crippen LogP contribution < -0.4 is 5.32 Å². The largest absolute Gasteiger partial charge is 0.355 e. The van der Waals surface area contributed by atoms with Crippen molar-refractivity contribution in [2.45, 2.75) is 6.54 Å². The third-order valence-electron chi connectivity index (χ3n) is 4.03. The molecule has 0 aliphatic carbocycles. The summed E-state index contributed by atoms with van der Waals surface area (Å²) in [6.45, 7) is 0.446. The molecule has 1 N–H and O–H groups in total. The second-order valence-corrected chi connectivity index (χ2v) is 5.83. The minimum atomic E-state index is -0.138. The zero-order valence-electron chi connectivity index (χ0n) is 14.2. The van der Waals surface area contributed by atoms with Crippen molar-refractivity contribution >= 4 is 22.7 Å². The van der Waals surface area contributed by atoms with Crippen LogP contribution in [0, 0.1) is 0 Å². The number of hydrogen-bond acceptors (Lipinski definition) is 3. The number of nitrogens with one attached hydrogen (secondary N) is 1. The summed E-state index contributed by atoms with van der Waals surface area (Å²) < 4.78 is 0. The second kappa shape index (κ2) is 7.13. The average molecular weight is 333 g/mol. The predicted molar refractivity (Wildman–Crippen MR) is 97.4 cm³/mol. The molecule has 0 radical (unpaired) electrons. The highest BCUT2D eigenvalue weighted by Gasteiger charge is 2.14. The molecule has 5 nitrogen and oxygen atoms in total. The van der Waals surface area contributed by atoms with E-state index < -0.39 is 0 Å². The van der Waals surface area contributed by atoms with E-state index in [2.05, 4.69) is 10.3 Å². The summed E-state index contributed by atoms with van der Waals surface area (Å²) in [6.07, 6.45) is 0. The number of nitrogens with zero attached hydrogens (tertiary/aromatic N) is 2. The van der Waals surface area contributed by atoms with Gasteiger partial charge in [-0.05, 0) is 29.8 Å². The molecule has 0 fully saturated rings. The van der Waals surface area contributed by atoms with Crippen LogP contribution >= 0.6 is 0 Å². The first kappa shape index (κ1) is 16.6. The minimum absolute atomic E-state index is 0.128. The summed E-state index contributed by atoms with van der Waals surface area (Å²) in [5.74, 6) is -0.266. The Kier molecular flexibility index (Phi) is 4.75. The molecule has 0 bridgehead atoms. The highest BCUT2D eigenvalue weighted by atomic mass is 16.2. The van der Waals surface area contributed by atoms with Gasteiger partial charge < -0.3 is 10.2 Å². The van der Waals surface area contributed by atoms with Gasteiger partial charge in [0.05, 0.1) is 5.52 Å². The highest BCUT2D eigenvalue weighted by Crippen LogP contribution is 2.14. The number of fused-ring (bicyclic) bond motifs is 1. The van der Waals surface area contributed by atoms with Crippen LogP contribution in [0.5, 0.6) is 0 Å². The number of para-hydroxylation sites is 1. The Bertz CT molecular complexity index is 920. The summed E-state index contributed by atoms with van der Waals surface area (Å²) in [6, 6.07) is 18.6. The maximum atomic E-state index is 12.6. The summed E-state index contributed by atoms with van der Waals surface area (Å²) >= 11 is 0. The number of pyridine rings is 1. The van der Waals surface area contributed by atoms with E-state index >= 15 is 0 Å². The van der Waals surface area contributed by atoms with Gasteiger partial charge in [0.1, 0.15) is 5.69 Å². The fourth-order valence-corrected chi connectivity index (χ4v) is 2.63. The van der Waals surface area contributed by atoms with Crippen molar-refractivity contribution in [3.05, 3.63) is 77.5 Å². The normalized spacial score (nSPS) is 10.5. The molecular weight excluding hydrogens is 314 g/mol. The molecule has 25 heavy (non-hydrogen) atoms. The Hall–Kier alpha value is -3.21. The van der Waals surface area contributed by atoms with E-state index in [1.54, 1.807) is 37.2 Å². The maximum absolute atomic E-state index is 12.6. The lowest BCUT2D eigenvalue weighted by Crippen LogP contribution is -2.27. The third kappa shape index (κ3) is 3.66. The van der Waals surface area contributed by atoms with Crippen LogP contribution in [-0.2, 0) is 6.54 Å². The van der Waals surface area contributed by atoms with Crippen LogP contribution in [0.1, 0.15) is 26.4 Å². The third-order valence-corrected chi connectivity index (χ3v) is 4.03. The molecule has 0 saturated carbocycles. The fraction of sp³-hybridized carbons (Fsp3) is 0.150. The van der Waals surface area contributed by atoms with Crippen LogP contribution in [0.4, 0.5) is 0 Å². The number of amides is 2. The Balaban J connectivity index is 1.74. The lowest BCUT2D eigenvalue weighted by atomic mass is 10.1. The quantitative estimate of drug-likeness (QED) is 0.798. The minimum Gasteiger partial charge on any atom is -0.355 e. The van der Waals surface area contributed by atoms with Gasteiger partial charge in [0.25, 0.3) is 11.8 Å². The predicted octanol–water partition coefficient (Wildman–Crippen LogP) is 2.87. The summed E-state index contributed by atoms with van der Waals surface area (Å²) in [4.78, 5) is 30.2. The zero-order chi connectivity index (χ0) is 17.8. The van der Waals surface area contributed by atoms with Crippen molar-refractivity contribution in [1.82, 2.24) is 15.2 Å². The molecule has 3 aromatic rings. The molecule has 1 heterocycles. The summed E-state index contributed by atoms with van der Waals surface area (Å²) in [5.41, 5.74) is 2.76. The second-order valence-electron chi connectivity index (χ2n) is 5.83. The molecule has 1 aromatic heterocycles. The van der Waals surface area contributed by atoms with Gasteiger partial charge in [-0.25, -0.2) is 4.98 Å². The van der Waals surface area contributed by atoms with Crippen molar-refractivity contribution in [1.29, 1.82) is 0 Å². The van der Waals surface area contributed by atoms with Crippen LogP contribution in [0.15, 0.2) is 60.7 Å². The van der Waals surface area contributed by atoms with E-state index in [0.29, 0.717) is 17.8 Å². The first-order valence-corrected chi connectivity index (χ1v) is 8.01. The van der Waals surface area contributed by atoms with Crippen LogP contribution in [-0.4, -0.2) is 35.8 Å². The number of rotatable bonds is 4. The Morgan fingerprint density at radius 2 is 1.72 bits per heavy atom. The van der Waals surface area contributed by atoms with Gasteiger partial charge in [-0.1, -0.05) is 36.4 Å². The van der Waals surface area contributed by atoms with Crippen molar-refractivity contribution in [2.24, 2.45) is 0 Å². The number of carbonyl (C=O) groups excluding carboxylic acids is 2. The van der Waals surface area contributed by atoms with Crippen molar-refractivity contribution in [3.8, 4) is 0 Å². The van der Waals surface area contributed by atoms with Gasteiger partial charge in [0, 0.05) is 31.6 Å². The molecule has 5 heteroatoms. The van der Waals surface area contributed by atoms with E-state index in [4.69, 9.17) is 0 Å². The molecule has 3 rings (SSSR count). The molecule has 2 aromatic carbocycles. The monoisotopic (exact) mass is 333 g/mol. The standard InChI is InChI=1S/C20H19N3O2/c1-21-19(24)16-9-7-14(8-10-16)13-23(2)20(25)18-12-11-15-5-3-4-6-17(15)22-18/h3-12H,13H2,1-2H3,(H,21,24). The van der Waals surface area contributed by atoms with Gasteiger partial charge >= 0.3 is 0 Å². The highest BCUT2D eigenvalue weighted by molar-refractivity contribution is 5.95. The van der Waals surface area contributed by atoms with Crippen molar-refractivity contribution in [3.63, 3.8) is 0 Å². The van der Waals surface area contributed by atoms with E-state index in [1.165, 1.54) is 0 Å². The molecule has 2 amide bonds. The van der Waals surface area contributed by atoms with Crippen molar-refractivity contribution < 1.29 is 9.59 Å². The molecule has 0 spiro atoms. The van der Waals surface area contributed by atoms with Gasteiger partial charge in [-0.3, -0.25) is 9.59 Å². The van der Waals surface area contributed by atoms with Gasteiger partial charge in [-0.15, -0.1) is 0 Å². The molecule has 0 atom stereocenters. The maximum Gasteiger partial charge on any atom is 0.272 e. The van der Waals surface area contributed by atoms with Crippen LogP contribution in [0.25, 0.3) is 10.9 Å². The lowest BCUT2D eigenvalue weighted by Gasteiger charge is -2.17. The number of benzene rings is 2. The molecule has 0 unspecified atom stereocenters. The first-order valence-electron chi connectivity index (χ1n) is 8.01. The van der Waals surface area contributed by atoms with E-state index in [0.717, 1.165) is 16.5 Å². The fourth-order valence-electron chi connectivity index (χ4n) is 2.63. The smallest absolute Gasteiger partial charge is 0.272 e. The Labute approximate surface area is 146 Å². The lowest BCUT2D eigenvalue weighted by molar-refractivity contribution is 0.0779. The van der Waals surface area contributed by atoms with Crippen LogP contribution in [0.3, 0.4) is 0 Å². The summed E-state index contributed by atoms with van der Waals surface area (Å²) in [5, 5.41) is 3.59. The summed E-state index contributed by atoms with van der Waals surface area (Å²) in [7, 11) is 3.34.